The van der Waals surface area contributed by atoms with Crippen LogP contribution >= 0.6 is 0 Å². The van der Waals surface area contributed by atoms with Crippen LogP contribution in [0.5, 0.6) is 11.5 Å². The van der Waals surface area contributed by atoms with E-state index in [0.717, 1.165) is 24.8 Å². The van der Waals surface area contributed by atoms with Gasteiger partial charge in [0.25, 0.3) is 0 Å². The van der Waals surface area contributed by atoms with Crippen molar-refractivity contribution in [2.24, 2.45) is 5.73 Å². The van der Waals surface area contributed by atoms with E-state index in [4.69, 9.17) is 15.2 Å². The molecule has 0 saturated carbocycles. The lowest BCUT2D eigenvalue weighted by Crippen LogP contribution is -2.44. The molecule has 0 radical (unpaired) electrons. The number of anilines is 1. The minimum Gasteiger partial charge on any atom is -0.493 e. The fourth-order valence-electron chi connectivity index (χ4n) is 3.54. The minimum atomic E-state index is -0.800. The number of piperidine rings is 1. The zero-order chi connectivity index (χ0) is 21.7. The molecule has 1 aliphatic heterocycles. The summed E-state index contributed by atoms with van der Waals surface area (Å²) in [6.07, 6.45) is 5.11. The first-order valence-electron chi connectivity index (χ1n) is 9.53. The molecule has 1 fully saturated rings. The summed E-state index contributed by atoms with van der Waals surface area (Å²) in [7, 11) is 3.10. The number of nitrogens with two attached hydrogens (primary N) is 1. The van der Waals surface area contributed by atoms with Crippen molar-refractivity contribution < 1.29 is 23.9 Å². The minimum absolute atomic E-state index is 0.140. The number of carbonyl (C=O) groups is 3. The molecule has 0 aliphatic carbocycles. The van der Waals surface area contributed by atoms with Crippen LogP contribution in [0.3, 0.4) is 0 Å². The van der Waals surface area contributed by atoms with Gasteiger partial charge in [0.2, 0.25) is 5.91 Å². The van der Waals surface area contributed by atoms with Crippen molar-refractivity contribution in [2.45, 2.75) is 25.3 Å². The number of likely N-dealkylation sites (tertiary alicyclic amines) is 1. The standard InChI is InChI=1S/C21H24N4O5/c1-29-17-7-6-13(10-18(17)30-2)16-5-3-4-8-25(16)21(28)20(27)24-15-9-14(19(22)26)11-23-12-15/h6-7,9-12,16H,3-5,8H2,1-2H3,(H2,22,26)(H,24,27)/t16-/m0/s1. The smallest absolute Gasteiger partial charge is 0.313 e. The average Bonchev–Trinajstić information content (AvgIpc) is 2.78. The van der Waals surface area contributed by atoms with E-state index < -0.39 is 17.7 Å². The number of aromatic nitrogens is 1. The van der Waals surface area contributed by atoms with Crippen molar-refractivity contribution in [3.05, 3.63) is 47.8 Å². The van der Waals surface area contributed by atoms with E-state index in [0.29, 0.717) is 18.0 Å². The topological polar surface area (TPSA) is 124 Å². The molecule has 1 atom stereocenters. The van der Waals surface area contributed by atoms with E-state index in [9.17, 15) is 14.4 Å². The van der Waals surface area contributed by atoms with Gasteiger partial charge in [0.1, 0.15) is 0 Å². The number of carbonyl (C=O) groups excluding carboxylic acids is 3. The lowest BCUT2D eigenvalue weighted by Gasteiger charge is -2.35. The third-order valence-electron chi connectivity index (χ3n) is 5.03. The molecule has 3 rings (SSSR count). The number of hydrogen-bond acceptors (Lipinski definition) is 6. The zero-order valence-corrected chi connectivity index (χ0v) is 16.9. The molecule has 9 nitrogen and oxygen atoms in total. The molecule has 2 heterocycles. The van der Waals surface area contributed by atoms with Gasteiger partial charge in [0, 0.05) is 12.7 Å². The molecular weight excluding hydrogens is 388 g/mol. The monoisotopic (exact) mass is 412 g/mol. The lowest BCUT2D eigenvalue weighted by atomic mass is 9.94. The first kappa shape index (κ1) is 21.1. The Hall–Kier alpha value is -3.62. The van der Waals surface area contributed by atoms with Crippen LogP contribution in [0, 0.1) is 0 Å². The Balaban J connectivity index is 1.80. The summed E-state index contributed by atoms with van der Waals surface area (Å²) in [5, 5.41) is 2.50. The van der Waals surface area contributed by atoms with Gasteiger partial charge in [-0.05, 0) is 43.0 Å². The summed E-state index contributed by atoms with van der Waals surface area (Å²) in [4.78, 5) is 42.2. The lowest BCUT2D eigenvalue weighted by molar-refractivity contribution is -0.145. The summed E-state index contributed by atoms with van der Waals surface area (Å²) < 4.78 is 10.6. The average molecular weight is 412 g/mol. The van der Waals surface area contributed by atoms with Gasteiger partial charge in [-0.25, -0.2) is 0 Å². The van der Waals surface area contributed by atoms with Crippen molar-refractivity contribution in [1.82, 2.24) is 9.88 Å². The van der Waals surface area contributed by atoms with Crippen LogP contribution in [0.15, 0.2) is 36.7 Å². The van der Waals surface area contributed by atoms with Crippen molar-refractivity contribution >= 4 is 23.4 Å². The molecular formula is C21H24N4O5. The molecule has 3 N–H and O–H groups in total. The van der Waals surface area contributed by atoms with Gasteiger partial charge in [0.15, 0.2) is 11.5 Å². The molecule has 0 unspecified atom stereocenters. The third kappa shape index (κ3) is 4.51. The maximum absolute atomic E-state index is 12.9. The van der Waals surface area contributed by atoms with Crippen LogP contribution in [0.2, 0.25) is 0 Å². The zero-order valence-electron chi connectivity index (χ0n) is 16.9. The van der Waals surface area contributed by atoms with Gasteiger partial charge in [-0.3, -0.25) is 19.4 Å². The number of benzene rings is 1. The van der Waals surface area contributed by atoms with E-state index in [1.807, 2.05) is 12.1 Å². The maximum Gasteiger partial charge on any atom is 0.313 e. The highest BCUT2D eigenvalue weighted by atomic mass is 16.5. The fourth-order valence-corrected chi connectivity index (χ4v) is 3.54. The largest absolute Gasteiger partial charge is 0.493 e. The highest BCUT2D eigenvalue weighted by molar-refractivity contribution is 6.39. The number of primary amides is 1. The second-order valence-electron chi connectivity index (χ2n) is 6.91. The first-order chi connectivity index (χ1) is 14.4. The van der Waals surface area contributed by atoms with Gasteiger partial charge in [-0.15, -0.1) is 0 Å². The van der Waals surface area contributed by atoms with E-state index in [1.54, 1.807) is 25.2 Å². The Bertz CT molecular complexity index is 962. The SMILES string of the molecule is COc1ccc([C@@H]2CCCCN2C(=O)C(=O)Nc2cncc(C(N)=O)c2)cc1OC. The van der Waals surface area contributed by atoms with Crippen LogP contribution in [-0.2, 0) is 9.59 Å². The highest BCUT2D eigenvalue weighted by Gasteiger charge is 2.32. The predicted octanol–water partition coefficient (Wildman–Crippen LogP) is 1.89. The molecule has 1 aliphatic rings. The summed E-state index contributed by atoms with van der Waals surface area (Å²) in [5.41, 5.74) is 6.46. The number of nitrogens with zero attached hydrogens (tertiary/aromatic N) is 2. The van der Waals surface area contributed by atoms with Gasteiger partial charge in [-0.1, -0.05) is 6.07 Å². The molecule has 0 spiro atoms. The quantitative estimate of drug-likeness (QED) is 0.723. The number of ether oxygens (including phenoxy) is 2. The van der Waals surface area contributed by atoms with Crippen LogP contribution in [0.25, 0.3) is 0 Å². The van der Waals surface area contributed by atoms with Crippen LogP contribution < -0.4 is 20.5 Å². The molecule has 158 valence electrons. The number of methoxy groups -OCH3 is 2. The molecule has 1 aromatic carbocycles. The maximum atomic E-state index is 12.9. The highest BCUT2D eigenvalue weighted by Crippen LogP contribution is 2.36. The number of amides is 3. The fraction of sp³-hybridized carbons (Fsp3) is 0.333. The molecule has 1 saturated heterocycles. The number of pyridine rings is 1. The molecule has 3 amide bonds. The van der Waals surface area contributed by atoms with Crippen LogP contribution in [-0.4, -0.2) is 48.4 Å². The Kier molecular flexibility index (Phi) is 6.51. The summed E-state index contributed by atoms with van der Waals surface area (Å²) in [6, 6.07) is 6.60. The molecule has 9 heteroatoms. The molecule has 30 heavy (non-hydrogen) atoms. The number of hydrogen-bond donors (Lipinski definition) is 2. The Morgan fingerprint density at radius 1 is 1.10 bits per heavy atom. The first-order valence-corrected chi connectivity index (χ1v) is 9.53. The van der Waals surface area contributed by atoms with Crippen molar-refractivity contribution in [3.63, 3.8) is 0 Å². The number of nitrogens with one attached hydrogen (secondary N) is 1. The Morgan fingerprint density at radius 2 is 1.87 bits per heavy atom. The molecule has 2 aromatic rings. The second-order valence-corrected chi connectivity index (χ2v) is 6.91. The van der Waals surface area contributed by atoms with Gasteiger partial charge < -0.3 is 25.4 Å². The normalized spacial score (nSPS) is 15.9. The van der Waals surface area contributed by atoms with Crippen LogP contribution in [0.4, 0.5) is 5.69 Å². The van der Waals surface area contributed by atoms with Gasteiger partial charge in [0.05, 0.1) is 37.7 Å². The second kappa shape index (κ2) is 9.25. The molecule has 1 aromatic heterocycles. The van der Waals surface area contributed by atoms with Crippen molar-refractivity contribution in [3.8, 4) is 11.5 Å². The summed E-state index contributed by atoms with van der Waals surface area (Å²) in [6.45, 7) is 0.463. The van der Waals surface area contributed by atoms with Gasteiger partial charge >= 0.3 is 11.8 Å². The van der Waals surface area contributed by atoms with E-state index in [-0.39, 0.29) is 17.3 Å². The Labute approximate surface area is 174 Å². The van der Waals surface area contributed by atoms with E-state index >= 15 is 0 Å². The Morgan fingerprint density at radius 3 is 2.57 bits per heavy atom. The third-order valence-corrected chi connectivity index (χ3v) is 5.03. The predicted molar refractivity (Wildman–Crippen MR) is 109 cm³/mol. The van der Waals surface area contributed by atoms with E-state index in [2.05, 4.69) is 10.3 Å². The van der Waals surface area contributed by atoms with Gasteiger partial charge in [-0.2, -0.15) is 0 Å². The van der Waals surface area contributed by atoms with Crippen molar-refractivity contribution in [2.75, 3.05) is 26.1 Å². The van der Waals surface area contributed by atoms with Crippen molar-refractivity contribution in [1.29, 1.82) is 0 Å². The summed E-state index contributed by atoms with van der Waals surface area (Å²) >= 11 is 0. The van der Waals surface area contributed by atoms with Crippen LogP contribution in [0.1, 0.15) is 41.2 Å². The number of rotatable bonds is 5. The van der Waals surface area contributed by atoms with E-state index in [1.165, 1.54) is 18.5 Å². The summed E-state index contributed by atoms with van der Waals surface area (Å²) in [5.74, 6) is -0.972. The molecule has 0 bridgehead atoms.